The Labute approximate surface area is 116 Å². The third kappa shape index (κ3) is 4.19. The first kappa shape index (κ1) is 15.3. The topological polar surface area (TPSA) is 56.1 Å². The fourth-order valence-corrected chi connectivity index (χ4v) is 2.00. The maximum atomic E-state index is 11.8. The molecular formula is C12H20BrN3O2. The van der Waals surface area contributed by atoms with Gasteiger partial charge in [-0.05, 0) is 42.7 Å². The second-order valence-electron chi connectivity index (χ2n) is 4.13. The van der Waals surface area contributed by atoms with Crippen LogP contribution in [0.3, 0.4) is 0 Å². The molecule has 0 atom stereocenters. The number of nitrogens with zero attached hydrogens (tertiary/aromatic N) is 2. The first-order valence-electron chi connectivity index (χ1n) is 6.01. The van der Waals surface area contributed by atoms with Crippen molar-refractivity contribution in [1.82, 2.24) is 14.9 Å². The zero-order valence-corrected chi connectivity index (χ0v) is 12.7. The minimum absolute atomic E-state index is 0.176. The summed E-state index contributed by atoms with van der Waals surface area (Å²) in [5, 5.41) is 3.25. The molecule has 1 rings (SSSR count). The lowest BCUT2D eigenvalue weighted by Crippen LogP contribution is -2.28. The second kappa shape index (κ2) is 7.66. The SMILES string of the molecule is COCCNCCCn1c(C)c(Br)c(C)nc1=O. The Bertz CT molecular complexity index is 446. The van der Waals surface area contributed by atoms with Gasteiger partial charge < -0.3 is 10.1 Å². The summed E-state index contributed by atoms with van der Waals surface area (Å²) in [7, 11) is 1.68. The number of hydrogen-bond acceptors (Lipinski definition) is 4. The summed E-state index contributed by atoms with van der Waals surface area (Å²) in [6, 6.07) is 0. The van der Waals surface area contributed by atoms with Crippen LogP contribution in [0.1, 0.15) is 17.8 Å². The van der Waals surface area contributed by atoms with Crippen LogP contribution in [-0.2, 0) is 11.3 Å². The van der Waals surface area contributed by atoms with E-state index in [1.807, 2.05) is 13.8 Å². The number of nitrogens with one attached hydrogen (secondary N) is 1. The molecule has 0 aliphatic carbocycles. The van der Waals surface area contributed by atoms with Crippen molar-refractivity contribution in [3.05, 3.63) is 26.3 Å². The number of hydrogen-bond donors (Lipinski definition) is 1. The first-order chi connectivity index (χ1) is 8.57. The van der Waals surface area contributed by atoms with E-state index in [9.17, 15) is 4.79 Å². The zero-order chi connectivity index (χ0) is 13.5. The summed E-state index contributed by atoms with van der Waals surface area (Å²) in [4.78, 5) is 15.8. The highest BCUT2D eigenvalue weighted by Gasteiger charge is 2.08. The Morgan fingerprint density at radius 1 is 1.39 bits per heavy atom. The van der Waals surface area contributed by atoms with Crippen molar-refractivity contribution in [3.8, 4) is 0 Å². The van der Waals surface area contributed by atoms with Gasteiger partial charge in [-0.1, -0.05) is 0 Å². The molecule has 0 aliphatic rings. The molecule has 0 fully saturated rings. The van der Waals surface area contributed by atoms with Crippen LogP contribution in [0.4, 0.5) is 0 Å². The van der Waals surface area contributed by atoms with E-state index in [0.29, 0.717) is 13.2 Å². The van der Waals surface area contributed by atoms with Gasteiger partial charge in [-0.2, -0.15) is 4.98 Å². The highest BCUT2D eigenvalue weighted by atomic mass is 79.9. The van der Waals surface area contributed by atoms with Crippen LogP contribution in [-0.4, -0.2) is 36.4 Å². The van der Waals surface area contributed by atoms with E-state index in [1.165, 1.54) is 0 Å². The Morgan fingerprint density at radius 2 is 2.11 bits per heavy atom. The summed E-state index contributed by atoms with van der Waals surface area (Å²) < 4.78 is 7.55. The van der Waals surface area contributed by atoms with E-state index < -0.39 is 0 Å². The van der Waals surface area contributed by atoms with Gasteiger partial charge in [0.25, 0.3) is 0 Å². The Balaban J connectivity index is 2.53. The fourth-order valence-electron chi connectivity index (χ4n) is 1.70. The van der Waals surface area contributed by atoms with Crippen LogP contribution in [0.2, 0.25) is 0 Å². The van der Waals surface area contributed by atoms with Crippen molar-refractivity contribution in [2.24, 2.45) is 0 Å². The molecular weight excluding hydrogens is 298 g/mol. The molecule has 0 saturated carbocycles. The Morgan fingerprint density at radius 3 is 2.78 bits per heavy atom. The number of aromatic nitrogens is 2. The van der Waals surface area contributed by atoms with Crippen molar-refractivity contribution in [1.29, 1.82) is 0 Å². The van der Waals surface area contributed by atoms with Crippen molar-refractivity contribution in [3.63, 3.8) is 0 Å². The normalized spacial score (nSPS) is 10.9. The zero-order valence-electron chi connectivity index (χ0n) is 11.1. The summed E-state index contributed by atoms with van der Waals surface area (Å²) in [5.41, 5.74) is 1.50. The summed E-state index contributed by atoms with van der Waals surface area (Å²) in [5.74, 6) is 0. The lowest BCUT2D eigenvalue weighted by molar-refractivity contribution is 0.199. The molecule has 1 N–H and O–H groups in total. The molecule has 0 spiro atoms. The lowest BCUT2D eigenvalue weighted by atomic mass is 10.3. The molecule has 0 unspecified atom stereocenters. The van der Waals surface area contributed by atoms with Crippen LogP contribution >= 0.6 is 15.9 Å². The van der Waals surface area contributed by atoms with Crippen molar-refractivity contribution in [2.45, 2.75) is 26.8 Å². The van der Waals surface area contributed by atoms with Gasteiger partial charge in [-0.25, -0.2) is 4.79 Å². The highest BCUT2D eigenvalue weighted by molar-refractivity contribution is 9.10. The first-order valence-corrected chi connectivity index (χ1v) is 6.80. The standard InChI is InChI=1S/C12H20BrN3O2/c1-9-11(13)10(2)16(12(17)15-9)7-4-5-14-6-8-18-3/h14H,4-8H2,1-3H3. The van der Waals surface area contributed by atoms with Crippen LogP contribution in [0.15, 0.2) is 9.27 Å². The average Bonchev–Trinajstić information content (AvgIpc) is 2.34. The average molecular weight is 318 g/mol. The van der Waals surface area contributed by atoms with Gasteiger partial charge in [0.05, 0.1) is 16.8 Å². The molecule has 102 valence electrons. The molecule has 0 amide bonds. The highest BCUT2D eigenvalue weighted by Crippen LogP contribution is 2.16. The second-order valence-corrected chi connectivity index (χ2v) is 4.92. The van der Waals surface area contributed by atoms with Gasteiger partial charge in [0.1, 0.15) is 0 Å². The molecule has 6 heteroatoms. The predicted octanol–water partition coefficient (Wildman–Crippen LogP) is 1.25. The van der Waals surface area contributed by atoms with Crippen molar-refractivity contribution >= 4 is 15.9 Å². The van der Waals surface area contributed by atoms with E-state index in [-0.39, 0.29) is 5.69 Å². The van der Waals surface area contributed by atoms with E-state index in [2.05, 4.69) is 26.2 Å². The Kier molecular flexibility index (Phi) is 6.52. The number of methoxy groups -OCH3 is 1. The minimum Gasteiger partial charge on any atom is -0.383 e. The van der Waals surface area contributed by atoms with E-state index in [0.717, 1.165) is 35.4 Å². The molecule has 1 aromatic rings. The quantitative estimate of drug-likeness (QED) is 0.769. The molecule has 0 aromatic carbocycles. The third-order valence-corrected chi connectivity index (χ3v) is 3.90. The van der Waals surface area contributed by atoms with Crippen LogP contribution in [0, 0.1) is 13.8 Å². The fraction of sp³-hybridized carbons (Fsp3) is 0.667. The molecule has 0 radical (unpaired) electrons. The maximum absolute atomic E-state index is 11.8. The van der Waals surface area contributed by atoms with Gasteiger partial charge in [-0.3, -0.25) is 4.57 Å². The summed E-state index contributed by atoms with van der Waals surface area (Å²) in [6.45, 7) is 6.84. The van der Waals surface area contributed by atoms with Crippen LogP contribution < -0.4 is 11.0 Å². The molecule has 1 aromatic heterocycles. The molecule has 0 aliphatic heterocycles. The van der Waals surface area contributed by atoms with Crippen LogP contribution in [0.25, 0.3) is 0 Å². The summed E-state index contributed by atoms with van der Waals surface area (Å²) >= 11 is 3.45. The third-order valence-electron chi connectivity index (χ3n) is 2.75. The van der Waals surface area contributed by atoms with Gasteiger partial charge in [-0.15, -0.1) is 0 Å². The lowest BCUT2D eigenvalue weighted by Gasteiger charge is -2.12. The largest absolute Gasteiger partial charge is 0.383 e. The number of aryl methyl sites for hydroxylation is 1. The number of halogens is 1. The van der Waals surface area contributed by atoms with E-state index in [4.69, 9.17) is 4.74 Å². The number of ether oxygens (including phenoxy) is 1. The van der Waals surface area contributed by atoms with Crippen molar-refractivity contribution in [2.75, 3.05) is 26.8 Å². The van der Waals surface area contributed by atoms with Crippen molar-refractivity contribution < 1.29 is 4.74 Å². The Hall–Kier alpha value is -0.720. The van der Waals surface area contributed by atoms with Gasteiger partial charge in [0.2, 0.25) is 0 Å². The maximum Gasteiger partial charge on any atom is 0.348 e. The van der Waals surface area contributed by atoms with Crippen LogP contribution in [0.5, 0.6) is 0 Å². The van der Waals surface area contributed by atoms with Gasteiger partial charge in [0.15, 0.2) is 0 Å². The van der Waals surface area contributed by atoms with E-state index >= 15 is 0 Å². The predicted molar refractivity (Wildman–Crippen MR) is 75.0 cm³/mol. The molecule has 0 bridgehead atoms. The molecule has 18 heavy (non-hydrogen) atoms. The summed E-state index contributed by atoms with van der Waals surface area (Å²) in [6.07, 6.45) is 0.891. The monoisotopic (exact) mass is 317 g/mol. The molecule has 5 nitrogen and oxygen atoms in total. The van der Waals surface area contributed by atoms with E-state index in [1.54, 1.807) is 11.7 Å². The molecule has 1 heterocycles. The molecule has 0 saturated heterocycles. The minimum atomic E-state index is -0.176. The van der Waals surface area contributed by atoms with Gasteiger partial charge in [0, 0.05) is 25.9 Å². The number of rotatable bonds is 7. The van der Waals surface area contributed by atoms with Gasteiger partial charge >= 0.3 is 5.69 Å². The smallest absolute Gasteiger partial charge is 0.348 e.